The van der Waals surface area contributed by atoms with E-state index in [1.807, 2.05) is 6.07 Å². The summed E-state index contributed by atoms with van der Waals surface area (Å²) in [7, 11) is 1.35. The minimum Gasteiger partial charge on any atom is -0.465 e. The number of pyridine rings is 1. The first-order chi connectivity index (χ1) is 11.1. The van der Waals surface area contributed by atoms with Gasteiger partial charge in [0, 0.05) is 18.5 Å². The molecule has 0 saturated heterocycles. The van der Waals surface area contributed by atoms with Crippen molar-refractivity contribution in [3.8, 4) is 0 Å². The lowest BCUT2D eigenvalue weighted by Crippen LogP contribution is -2.21. The topological polar surface area (TPSA) is 55.3 Å². The molecule has 23 heavy (non-hydrogen) atoms. The van der Waals surface area contributed by atoms with Gasteiger partial charge in [0.25, 0.3) is 0 Å². The second kappa shape index (κ2) is 6.29. The van der Waals surface area contributed by atoms with E-state index in [1.54, 1.807) is 12.1 Å². The molecule has 0 bridgehead atoms. The third kappa shape index (κ3) is 2.62. The minimum atomic E-state index is -0.433. The smallest absolute Gasteiger partial charge is 0.340 e. The van der Waals surface area contributed by atoms with E-state index in [9.17, 15) is 4.79 Å². The summed E-state index contributed by atoms with van der Waals surface area (Å²) in [5.41, 5.74) is 1.69. The molecular weight excluding hydrogens is 334 g/mol. The molecule has 1 aromatic carbocycles. The Hall–Kier alpha value is -1.92. The lowest BCUT2D eigenvalue weighted by atomic mass is 10.1. The summed E-state index contributed by atoms with van der Waals surface area (Å²) in [4.78, 5) is 23.3. The zero-order valence-electron chi connectivity index (χ0n) is 13.1. The number of hydrogen-bond donors (Lipinski definition) is 0. The molecule has 0 N–H and O–H groups in total. The van der Waals surface area contributed by atoms with Gasteiger partial charge in [-0.3, -0.25) is 0 Å². The molecule has 120 valence electrons. The Labute approximate surface area is 142 Å². The van der Waals surface area contributed by atoms with E-state index in [4.69, 9.17) is 21.3 Å². The zero-order chi connectivity index (χ0) is 16.6. The number of anilines is 1. The summed E-state index contributed by atoms with van der Waals surface area (Å²) < 4.78 is 5.66. The first-order valence-corrected chi connectivity index (χ1v) is 8.52. The number of aromatic nitrogens is 2. The summed E-state index contributed by atoms with van der Waals surface area (Å²) in [6, 6.07) is 5.39. The monoisotopic (exact) mass is 349 g/mol. The number of esters is 1. The van der Waals surface area contributed by atoms with Crippen LogP contribution in [0.2, 0.25) is 5.15 Å². The van der Waals surface area contributed by atoms with Crippen LogP contribution in [0.1, 0.15) is 24.2 Å². The zero-order valence-corrected chi connectivity index (χ0v) is 14.7. The van der Waals surface area contributed by atoms with Crippen molar-refractivity contribution < 1.29 is 9.53 Å². The van der Waals surface area contributed by atoms with Crippen LogP contribution in [0.3, 0.4) is 0 Å². The van der Waals surface area contributed by atoms with Crippen molar-refractivity contribution in [2.45, 2.75) is 13.8 Å². The van der Waals surface area contributed by atoms with Crippen LogP contribution in [0.15, 0.2) is 18.2 Å². The Kier molecular flexibility index (Phi) is 4.37. The van der Waals surface area contributed by atoms with Crippen LogP contribution in [0.25, 0.3) is 21.1 Å². The molecule has 0 saturated carbocycles. The lowest BCUT2D eigenvalue weighted by Gasteiger charge is -2.16. The van der Waals surface area contributed by atoms with E-state index in [-0.39, 0.29) is 0 Å². The van der Waals surface area contributed by atoms with Crippen molar-refractivity contribution >= 4 is 55.2 Å². The number of carbonyl (C=O) groups excluding carboxylic acids is 1. The molecule has 2 aromatic heterocycles. The van der Waals surface area contributed by atoms with Gasteiger partial charge in [0.05, 0.1) is 28.4 Å². The van der Waals surface area contributed by atoms with Crippen molar-refractivity contribution in [1.82, 2.24) is 9.97 Å². The van der Waals surface area contributed by atoms with E-state index in [2.05, 4.69) is 23.7 Å². The number of fused-ring (bicyclic) bond motifs is 3. The number of ether oxygens (including phenoxy) is 1. The minimum absolute atomic E-state index is 0.361. The van der Waals surface area contributed by atoms with Crippen LogP contribution in [-0.4, -0.2) is 36.1 Å². The fraction of sp³-hybridized carbons (Fsp3) is 0.312. The Balaban J connectivity index is 2.33. The standard InChI is InChI=1S/C16H16ClN3O2S/c1-4-20(5-2)16-19-12-9-7-6-8-10(15(21)22-3)11(9)18-14(17)13(12)23-16/h6-8H,4-5H2,1-3H3. The fourth-order valence-corrected chi connectivity index (χ4v) is 3.92. The molecule has 0 radical (unpaired) electrons. The molecular formula is C16H16ClN3O2S. The van der Waals surface area contributed by atoms with Gasteiger partial charge in [0.1, 0.15) is 5.15 Å². The van der Waals surface area contributed by atoms with E-state index in [0.717, 1.165) is 33.8 Å². The first kappa shape index (κ1) is 16.0. The number of para-hydroxylation sites is 1. The highest BCUT2D eigenvalue weighted by Crippen LogP contribution is 2.37. The molecule has 0 fully saturated rings. The maximum atomic E-state index is 11.9. The first-order valence-electron chi connectivity index (χ1n) is 7.32. The fourth-order valence-electron chi connectivity index (χ4n) is 2.54. The number of rotatable bonds is 4. The van der Waals surface area contributed by atoms with Crippen LogP contribution >= 0.6 is 22.9 Å². The van der Waals surface area contributed by atoms with E-state index >= 15 is 0 Å². The number of hydrogen-bond acceptors (Lipinski definition) is 6. The van der Waals surface area contributed by atoms with Crippen molar-refractivity contribution in [1.29, 1.82) is 0 Å². The van der Waals surface area contributed by atoms with Gasteiger partial charge in [0.2, 0.25) is 0 Å². The maximum absolute atomic E-state index is 11.9. The van der Waals surface area contributed by atoms with E-state index < -0.39 is 5.97 Å². The van der Waals surface area contributed by atoms with Crippen molar-refractivity contribution in [2.75, 3.05) is 25.1 Å². The quantitative estimate of drug-likeness (QED) is 0.523. The number of nitrogens with zero attached hydrogens (tertiary/aromatic N) is 3. The third-order valence-electron chi connectivity index (χ3n) is 3.74. The second-order valence-corrected chi connectivity index (χ2v) is 6.28. The highest BCUT2D eigenvalue weighted by atomic mass is 35.5. The van der Waals surface area contributed by atoms with Gasteiger partial charge in [-0.05, 0) is 19.9 Å². The average Bonchev–Trinajstić information content (AvgIpc) is 3.01. The molecule has 0 aliphatic heterocycles. The van der Waals surface area contributed by atoms with Crippen LogP contribution < -0.4 is 4.90 Å². The molecule has 0 amide bonds. The molecule has 0 aliphatic carbocycles. The van der Waals surface area contributed by atoms with Crippen LogP contribution in [0.5, 0.6) is 0 Å². The van der Waals surface area contributed by atoms with Crippen LogP contribution in [0.4, 0.5) is 5.13 Å². The SMILES string of the molecule is CCN(CC)c1nc2c(s1)c(Cl)nc1c(C(=O)OC)cccc12. The summed E-state index contributed by atoms with van der Waals surface area (Å²) in [5.74, 6) is -0.433. The Bertz CT molecular complexity index is 890. The van der Waals surface area contributed by atoms with Gasteiger partial charge >= 0.3 is 5.97 Å². The molecule has 0 unspecified atom stereocenters. The van der Waals surface area contributed by atoms with Gasteiger partial charge in [-0.2, -0.15) is 0 Å². The normalized spacial score (nSPS) is 11.1. The van der Waals surface area contributed by atoms with Gasteiger partial charge in [-0.1, -0.05) is 35.1 Å². The molecule has 2 heterocycles. The Morgan fingerprint density at radius 3 is 2.65 bits per heavy atom. The Morgan fingerprint density at radius 2 is 2.00 bits per heavy atom. The predicted octanol–water partition coefficient (Wildman–Crippen LogP) is 4.13. The predicted molar refractivity (Wildman–Crippen MR) is 94.8 cm³/mol. The number of benzene rings is 1. The van der Waals surface area contributed by atoms with Crippen LogP contribution in [-0.2, 0) is 4.74 Å². The second-order valence-electron chi connectivity index (χ2n) is 4.94. The number of thiazole rings is 1. The van der Waals surface area contributed by atoms with E-state index in [0.29, 0.717) is 16.2 Å². The largest absolute Gasteiger partial charge is 0.465 e. The highest BCUT2D eigenvalue weighted by molar-refractivity contribution is 7.23. The molecule has 3 aromatic rings. The van der Waals surface area contributed by atoms with Gasteiger partial charge < -0.3 is 9.64 Å². The third-order valence-corrected chi connectivity index (χ3v) is 5.25. The summed E-state index contributed by atoms with van der Waals surface area (Å²) >= 11 is 7.87. The van der Waals surface area contributed by atoms with Crippen LogP contribution in [0, 0.1) is 0 Å². The Morgan fingerprint density at radius 1 is 1.26 bits per heavy atom. The molecule has 5 nitrogen and oxygen atoms in total. The number of halogens is 1. The maximum Gasteiger partial charge on any atom is 0.340 e. The molecule has 0 spiro atoms. The summed E-state index contributed by atoms with van der Waals surface area (Å²) in [6.45, 7) is 5.91. The summed E-state index contributed by atoms with van der Waals surface area (Å²) in [5, 5.41) is 2.08. The molecule has 3 rings (SSSR count). The number of methoxy groups -OCH3 is 1. The molecule has 0 atom stereocenters. The van der Waals surface area contributed by atoms with Crippen molar-refractivity contribution in [3.05, 3.63) is 28.9 Å². The highest BCUT2D eigenvalue weighted by Gasteiger charge is 2.19. The van der Waals surface area contributed by atoms with Gasteiger partial charge in [0.15, 0.2) is 5.13 Å². The summed E-state index contributed by atoms with van der Waals surface area (Å²) in [6.07, 6.45) is 0. The van der Waals surface area contributed by atoms with Crippen molar-refractivity contribution in [2.24, 2.45) is 0 Å². The molecule has 0 aliphatic rings. The molecule has 7 heteroatoms. The lowest BCUT2D eigenvalue weighted by molar-refractivity contribution is 0.0603. The van der Waals surface area contributed by atoms with Gasteiger partial charge in [-0.15, -0.1) is 0 Å². The number of carbonyl (C=O) groups is 1. The van der Waals surface area contributed by atoms with E-state index in [1.165, 1.54) is 18.4 Å². The van der Waals surface area contributed by atoms with Crippen molar-refractivity contribution in [3.63, 3.8) is 0 Å². The van der Waals surface area contributed by atoms with Gasteiger partial charge in [-0.25, -0.2) is 14.8 Å². The average molecular weight is 350 g/mol.